The van der Waals surface area contributed by atoms with Crippen LogP contribution in [0.3, 0.4) is 0 Å². The van der Waals surface area contributed by atoms with E-state index in [1.807, 2.05) is 0 Å². The molecule has 0 aliphatic rings. The number of carboxylic acids is 1. The molecule has 1 N–H and O–H groups in total. The van der Waals surface area contributed by atoms with E-state index in [1.165, 1.54) is 19.5 Å². The molecule has 4 nitrogen and oxygen atoms in total. The normalized spacial score (nSPS) is 11.2. The van der Waals surface area contributed by atoms with Crippen molar-refractivity contribution in [3.05, 3.63) is 24.0 Å². The molecule has 0 unspecified atom stereocenters. The van der Waals surface area contributed by atoms with Crippen molar-refractivity contribution in [2.24, 2.45) is 0 Å². The van der Waals surface area contributed by atoms with E-state index in [0.717, 1.165) is 6.07 Å². The fraction of sp³-hybridized carbons (Fsp3) is 0.400. The number of hydrogen-bond acceptors (Lipinski definition) is 3. The maximum absolute atomic E-state index is 13.6. The second kappa shape index (κ2) is 4.87. The summed E-state index contributed by atoms with van der Waals surface area (Å²) in [6.45, 7) is 0. The minimum Gasteiger partial charge on any atom is -0.495 e. The van der Waals surface area contributed by atoms with Crippen LogP contribution in [0.1, 0.15) is 18.4 Å². The highest BCUT2D eigenvalue weighted by Crippen LogP contribution is 2.37. The van der Waals surface area contributed by atoms with Crippen molar-refractivity contribution in [1.82, 2.24) is 4.98 Å². The summed E-state index contributed by atoms with van der Waals surface area (Å²) in [5.41, 5.74) is -0.341. The Hall–Kier alpha value is -1.72. The third-order valence-electron chi connectivity index (χ3n) is 2.05. The number of methoxy groups -OCH3 is 1. The lowest BCUT2D eigenvalue weighted by atomic mass is 10.0. The van der Waals surface area contributed by atoms with Crippen LogP contribution in [0.2, 0.25) is 0 Å². The number of halogens is 2. The Labute approximate surface area is 90.9 Å². The summed E-state index contributed by atoms with van der Waals surface area (Å²) < 4.78 is 31.9. The van der Waals surface area contributed by atoms with Gasteiger partial charge in [-0.3, -0.25) is 9.78 Å². The lowest BCUT2D eigenvalue weighted by molar-refractivity contribution is -0.139. The molecule has 0 aromatic carbocycles. The van der Waals surface area contributed by atoms with E-state index in [1.54, 1.807) is 0 Å². The first-order valence-electron chi connectivity index (χ1n) is 4.55. The Kier molecular flexibility index (Phi) is 3.76. The first-order valence-corrected chi connectivity index (χ1v) is 4.55. The summed E-state index contributed by atoms with van der Waals surface area (Å²) >= 11 is 0. The Morgan fingerprint density at radius 3 is 2.88 bits per heavy atom. The Balaban J connectivity index is 2.92. The van der Waals surface area contributed by atoms with E-state index in [2.05, 4.69) is 4.98 Å². The first kappa shape index (κ1) is 12.4. The maximum Gasteiger partial charge on any atom is 0.303 e. The molecule has 0 spiro atoms. The number of carboxylic acid groups (broad SMARTS) is 1. The fourth-order valence-electron chi connectivity index (χ4n) is 1.24. The number of carbonyl (C=O) groups is 1. The number of ether oxygens (including phenoxy) is 1. The summed E-state index contributed by atoms with van der Waals surface area (Å²) in [5, 5.41) is 8.37. The summed E-state index contributed by atoms with van der Waals surface area (Å²) in [4.78, 5) is 13.9. The van der Waals surface area contributed by atoms with Gasteiger partial charge in [-0.05, 0) is 6.07 Å². The van der Waals surface area contributed by atoms with Crippen molar-refractivity contribution in [1.29, 1.82) is 0 Å². The van der Waals surface area contributed by atoms with Crippen LogP contribution >= 0.6 is 0 Å². The molecule has 0 bridgehead atoms. The molecule has 0 amide bonds. The van der Waals surface area contributed by atoms with Crippen LogP contribution in [-0.2, 0) is 10.7 Å². The van der Waals surface area contributed by atoms with Crippen molar-refractivity contribution >= 4 is 5.97 Å². The van der Waals surface area contributed by atoms with Gasteiger partial charge in [-0.2, -0.15) is 0 Å². The summed E-state index contributed by atoms with van der Waals surface area (Å²) in [6.07, 6.45) is 1.03. The van der Waals surface area contributed by atoms with Crippen LogP contribution in [0.5, 0.6) is 5.75 Å². The quantitative estimate of drug-likeness (QED) is 0.842. The highest BCUT2D eigenvalue weighted by atomic mass is 19.3. The Bertz CT molecular complexity index is 382. The third kappa shape index (κ3) is 2.88. The highest BCUT2D eigenvalue weighted by molar-refractivity contribution is 5.66. The number of hydrogen-bond donors (Lipinski definition) is 1. The van der Waals surface area contributed by atoms with Gasteiger partial charge in [0.15, 0.2) is 0 Å². The van der Waals surface area contributed by atoms with Gasteiger partial charge in [0.2, 0.25) is 0 Å². The van der Waals surface area contributed by atoms with E-state index < -0.39 is 24.7 Å². The molecule has 0 saturated heterocycles. The number of rotatable bonds is 5. The van der Waals surface area contributed by atoms with E-state index in [0.29, 0.717) is 0 Å². The minimum absolute atomic E-state index is 0.0436. The molecule has 0 aliphatic heterocycles. The number of pyridine rings is 1. The second-order valence-electron chi connectivity index (χ2n) is 3.17. The van der Waals surface area contributed by atoms with Crippen LogP contribution in [-0.4, -0.2) is 23.2 Å². The zero-order valence-electron chi connectivity index (χ0n) is 8.61. The highest BCUT2D eigenvalue weighted by Gasteiger charge is 2.35. The van der Waals surface area contributed by atoms with Gasteiger partial charge in [-0.15, -0.1) is 0 Å². The van der Waals surface area contributed by atoms with Gasteiger partial charge in [-0.1, -0.05) is 0 Å². The van der Waals surface area contributed by atoms with Crippen LogP contribution in [0.15, 0.2) is 18.5 Å². The summed E-state index contributed by atoms with van der Waals surface area (Å²) in [7, 11) is 1.26. The van der Waals surface area contributed by atoms with Crippen molar-refractivity contribution in [2.45, 2.75) is 18.8 Å². The van der Waals surface area contributed by atoms with E-state index in [-0.39, 0.29) is 11.3 Å². The number of nitrogens with zero attached hydrogens (tertiary/aromatic N) is 1. The predicted molar refractivity (Wildman–Crippen MR) is 51.6 cm³/mol. The van der Waals surface area contributed by atoms with Gasteiger partial charge < -0.3 is 9.84 Å². The van der Waals surface area contributed by atoms with Crippen molar-refractivity contribution in [3.8, 4) is 5.75 Å². The van der Waals surface area contributed by atoms with Crippen molar-refractivity contribution in [3.63, 3.8) is 0 Å². The predicted octanol–water partition coefficient (Wildman–Crippen LogP) is 2.05. The molecule has 0 aliphatic carbocycles. The van der Waals surface area contributed by atoms with Crippen molar-refractivity contribution < 1.29 is 23.4 Å². The molecule has 1 aromatic rings. The fourth-order valence-corrected chi connectivity index (χ4v) is 1.24. The van der Waals surface area contributed by atoms with Gasteiger partial charge in [0, 0.05) is 12.6 Å². The van der Waals surface area contributed by atoms with E-state index in [9.17, 15) is 13.6 Å². The topological polar surface area (TPSA) is 59.4 Å². The first-order chi connectivity index (χ1) is 7.47. The summed E-state index contributed by atoms with van der Waals surface area (Å²) in [5.74, 6) is -4.53. The van der Waals surface area contributed by atoms with Gasteiger partial charge in [0.25, 0.3) is 5.92 Å². The average Bonchev–Trinajstić information content (AvgIpc) is 2.26. The van der Waals surface area contributed by atoms with Crippen LogP contribution in [0.25, 0.3) is 0 Å². The number of alkyl halides is 2. The molecule has 0 saturated carbocycles. The molecule has 0 radical (unpaired) electrons. The monoisotopic (exact) mass is 231 g/mol. The van der Waals surface area contributed by atoms with Crippen LogP contribution < -0.4 is 4.74 Å². The van der Waals surface area contributed by atoms with Crippen LogP contribution in [0, 0.1) is 0 Å². The Morgan fingerprint density at radius 1 is 1.62 bits per heavy atom. The van der Waals surface area contributed by atoms with Gasteiger partial charge >= 0.3 is 5.97 Å². The molecule has 0 atom stereocenters. The average molecular weight is 231 g/mol. The van der Waals surface area contributed by atoms with Crippen LogP contribution in [0.4, 0.5) is 8.78 Å². The smallest absolute Gasteiger partial charge is 0.303 e. The Morgan fingerprint density at radius 2 is 2.31 bits per heavy atom. The molecule has 1 aromatic heterocycles. The molecule has 88 valence electrons. The molecule has 0 fully saturated rings. The molecular weight excluding hydrogens is 220 g/mol. The van der Waals surface area contributed by atoms with E-state index >= 15 is 0 Å². The van der Waals surface area contributed by atoms with E-state index in [4.69, 9.17) is 9.84 Å². The molecular formula is C10H11F2NO3. The maximum atomic E-state index is 13.6. The molecule has 16 heavy (non-hydrogen) atoms. The lowest BCUT2D eigenvalue weighted by Crippen LogP contribution is -2.16. The standard InChI is InChI=1S/C10H11F2NO3/c1-16-8-6-13-5-3-7(8)10(11,12)4-2-9(14)15/h3,5-6H,2,4H2,1H3,(H,14,15). The molecule has 1 heterocycles. The minimum atomic E-state index is -3.23. The number of aliphatic carboxylic acids is 1. The zero-order chi connectivity index (χ0) is 12.2. The SMILES string of the molecule is COc1cnccc1C(F)(F)CCC(=O)O. The second-order valence-corrected chi connectivity index (χ2v) is 3.17. The largest absolute Gasteiger partial charge is 0.495 e. The lowest BCUT2D eigenvalue weighted by Gasteiger charge is -2.17. The summed E-state index contributed by atoms with van der Waals surface area (Å²) in [6, 6.07) is 1.13. The number of aromatic nitrogens is 1. The van der Waals surface area contributed by atoms with Gasteiger partial charge in [-0.25, -0.2) is 8.78 Å². The van der Waals surface area contributed by atoms with Crippen molar-refractivity contribution in [2.75, 3.05) is 7.11 Å². The van der Waals surface area contributed by atoms with Gasteiger partial charge in [0.1, 0.15) is 5.75 Å². The third-order valence-corrected chi connectivity index (χ3v) is 2.05. The van der Waals surface area contributed by atoms with Gasteiger partial charge in [0.05, 0.1) is 25.3 Å². The zero-order valence-corrected chi connectivity index (χ0v) is 8.61. The molecule has 1 rings (SSSR count). The molecule has 6 heteroatoms.